The van der Waals surface area contributed by atoms with Crippen molar-refractivity contribution in [1.29, 1.82) is 0 Å². The van der Waals surface area contributed by atoms with Crippen LogP contribution in [0.5, 0.6) is 0 Å². The largest absolute Gasteiger partial charge is 0.467 e. The van der Waals surface area contributed by atoms with Gasteiger partial charge in [0, 0.05) is 12.1 Å². The van der Waals surface area contributed by atoms with Crippen molar-refractivity contribution in [3.8, 4) is 0 Å². The van der Waals surface area contributed by atoms with E-state index in [2.05, 4.69) is 10.6 Å². The maximum absolute atomic E-state index is 12.3. The van der Waals surface area contributed by atoms with Gasteiger partial charge in [0.25, 0.3) is 5.69 Å². The molecule has 0 spiro atoms. The quantitative estimate of drug-likeness (QED) is 0.470. The SMILES string of the molecule is O=C(CN[C@H](c1ccccc1)c1ccco1)Nc1ccc([N+](=O)[O-])cc1Cl. The summed E-state index contributed by atoms with van der Waals surface area (Å²) >= 11 is 6.00. The zero-order chi connectivity index (χ0) is 19.2. The molecular weight excluding hydrogens is 370 g/mol. The number of hydrogen-bond donors (Lipinski definition) is 2. The van der Waals surface area contributed by atoms with E-state index >= 15 is 0 Å². The van der Waals surface area contributed by atoms with Crippen LogP contribution < -0.4 is 10.6 Å². The van der Waals surface area contributed by atoms with Gasteiger partial charge in [-0.3, -0.25) is 20.2 Å². The zero-order valence-corrected chi connectivity index (χ0v) is 14.8. The molecule has 8 heteroatoms. The molecule has 3 aromatic rings. The van der Waals surface area contributed by atoms with Gasteiger partial charge in [-0.25, -0.2) is 0 Å². The van der Waals surface area contributed by atoms with Crippen LogP contribution in [0.3, 0.4) is 0 Å². The van der Waals surface area contributed by atoms with Gasteiger partial charge in [0.1, 0.15) is 5.76 Å². The van der Waals surface area contributed by atoms with Crippen LogP contribution >= 0.6 is 11.6 Å². The fourth-order valence-electron chi connectivity index (χ4n) is 2.59. The minimum atomic E-state index is -0.549. The molecule has 2 N–H and O–H groups in total. The highest BCUT2D eigenvalue weighted by atomic mass is 35.5. The number of carbonyl (C=O) groups excluding carboxylic acids is 1. The highest BCUT2D eigenvalue weighted by Crippen LogP contribution is 2.27. The van der Waals surface area contributed by atoms with Gasteiger partial charge in [-0.05, 0) is 23.8 Å². The molecule has 0 unspecified atom stereocenters. The van der Waals surface area contributed by atoms with E-state index in [4.69, 9.17) is 16.0 Å². The van der Waals surface area contributed by atoms with Gasteiger partial charge in [-0.1, -0.05) is 41.9 Å². The summed E-state index contributed by atoms with van der Waals surface area (Å²) in [7, 11) is 0. The summed E-state index contributed by atoms with van der Waals surface area (Å²) in [5, 5.41) is 16.6. The van der Waals surface area contributed by atoms with E-state index in [1.807, 2.05) is 36.4 Å². The smallest absolute Gasteiger partial charge is 0.271 e. The topological polar surface area (TPSA) is 97.4 Å². The Morgan fingerprint density at radius 3 is 2.56 bits per heavy atom. The molecule has 3 rings (SSSR count). The number of hydrogen-bond acceptors (Lipinski definition) is 5. The van der Waals surface area contributed by atoms with Crippen LogP contribution in [0.2, 0.25) is 5.02 Å². The van der Waals surface area contributed by atoms with Crippen LogP contribution in [0.4, 0.5) is 11.4 Å². The van der Waals surface area contributed by atoms with Crippen LogP contribution in [0.1, 0.15) is 17.4 Å². The molecule has 0 radical (unpaired) electrons. The number of benzene rings is 2. The van der Waals surface area contributed by atoms with Crippen LogP contribution in [-0.2, 0) is 4.79 Å². The van der Waals surface area contributed by atoms with Crippen LogP contribution in [-0.4, -0.2) is 17.4 Å². The molecule has 0 aliphatic rings. The second-order valence-corrected chi connectivity index (χ2v) is 6.12. The van der Waals surface area contributed by atoms with Crippen molar-refractivity contribution in [2.45, 2.75) is 6.04 Å². The lowest BCUT2D eigenvalue weighted by molar-refractivity contribution is -0.384. The Morgan fingerprint density at radius 1 is 1.15 bits per heavy atom. The maximum atomic E-state index is 12.3. The van der Waals surface area contributed by atoms with Gasteiger partial charge < -0.3 is 9.73 Å². The van der Waals surface area contributed by atoms with Gasteiger partial charge in [-0.2, -0.15) is 0 Å². The van der Waals surface area contributed by atoms with Crippen LogP contribution in [0.15, 0.2) is 71.3 Å². The average Bonchev–Trinajstić information content (AvgIpc) is 3.19. The first-order valence-corrected chi connectivity index (χ1v) is 8.48. The van der Waals surface area contributed by atoms with Crippen LogP contribution in [0.25, 0.3) is 0 Å². The number of amides is 1. The summed E-state index contributed by atoms with van der Waals surface area (Å²) in [5.74, 6) is 0.348. The van der Waals surface area contributed by atoms with E-state index in [0.717, 1.165) is 5.56 Å². The van der Waals surface area contributed by atoms with Crippen LogP contribution in [0, 0.1) is 10.1 Å². The molecular formula is C19H16ClN3O4. The predicted octanol–water partition coefficient (Wildman–Crippen LogP) is 4.16. The third kappa shape index (κ3) is 4.72. The lowest BCUT2D eigenvalue weighted by Gasteiger charge is -2.17. The Kier molecular flexibility index (Phi) is 5.85. The number of furan rings is 1. The fraction of sp³-hybridized carbons (Fsp3) is 0.105. The zero-order valence-electron chi connectivity index (χ0n) is 14.1. The van der Waals surface area contributed by atoms with E-state index in [0.29, 0.717) is 11.4 Å². The molecule has 0 bridgehead atoms. The highest BCUT2D eigenvalue weighted by molar-refractivity contribution is 6.34. The molecule has 0 saturated heterocycles. The van der Waals surface area contributed by atoms with E-state index in [1.54, 1.807) is 12.3 Å². The highest BCUT2D eigenvalue weighted by Gasteiger charge is 2.18. The third-order valence-electron chi connectivity index (χ3n) is 3.86. The molecule has 0 fully saturated rings. The lowest BCUT2D eigenvalue weighted by Crippen LogP contribution is -2.31. The van der Waals surface area contributed by atoms with Gasteiger partial charge in [0.05, 0.1) is 34.5 Å². The van der Waals surface area contributed by atoms with Crippen molar-refractivity contribution in [1.82, 2.24) is 5.32 Å². The van der Waals surface area contributed by atoms with Crippen molar-refractivity contribution in [2.24, 2.45) is 0 Å². The normalized spacial score (nSPS) is 11.7. The molecule has 0 aliphatic heterocycles. The number of nitrogens with zero attached hydrogens (tertiary/aromatic N) is 1. The maximum Gasteiger partial charge on any atom is 0.271 e. The minimum absolute atomic E-state index is 0.00637. The van der Waals surface area contributed by atoms with Gasteiger partial charge in [0.2, 0.25) is 5.91 Å². The van der Waals surface area contributed by atoms with Crippen molar-refractivity contribution in [2.75, 3.05) is 11.9 Å². The first kappa shape index (κ1) is 18.6. The Morgan fingerprint density at radius 2 is 1.93 bits per heavy atom. The Bertz CT molecular complexity index is 929. The van der Waals surface area contributed by atoms with Crippen molar-refractivity contribution < 1.29 is 14.1 Å². The molecule has 7 nitrogen and oxygen atoms in total. The van der Waals surface area contributed by atoms with Gasteiger partial charge >= 0.3 is 0 Å². The Balaban J connectivity index is 1.67. The number of nitro benzene ring substituents is 1. The molecule has 1 aromatic heterocycles. The number of rotatable bonds is 7. The summed E-state index contributed by atoms with van der Waals surface area (Å²) in [5.41, 5.74) is 1.12. The van der Waals surface area contributed by atoms with Gasteiger partial charge in [0.15, 0.2) is 0 Å². The minimum Gasteiger partial charge on any atom is -0.467 e. The van der Waals surface area contributed by atoms with E-state index < -0.39 is 4.92 Å². The van der Waals surface area contributed by atoms with Crippen molar-refractivity contribution in [3.05, 3.63) is 93.4 Å². The molecule has 1 atom stereocenters. The predicted molar refractivity (Wildman–Crippen MR) is 102 cm³/mol. The molecule has 0 aliphatic carbocycles. The van der Waals surface area contributed by atoms with Crippen molar-refractivity contribution >= 4 is 28.9 Å². The fourth-order valence-corrected chi connectivity index (χ4v) is 2.81. The lowest BCUT2D eigenvalue weighted by atomic mass is 10.0. The molecule has 1 amide bonds. The monoisotopic (exact) mass is 385 g/mol. The number of non-ortho nitro benzene ring substituents is 1. The number of nitrogens with one attached hydrogen (secondary N) is 2. The standard InChI is InChI=1S/C19H16ClN3O4/c20-15-11-14(23(25)26)8-9-16(15)22-18(24)12-21-19(17-7-4-10-27-17)13-5-2-1-3-6-13/h1-11,19,21H,12H2,(H,22,24)/t19-/m1/s1. The van der Waals surface area contributed by atoms with E-state index in [1.165, 1.54) is 18.2 Å². The first-order valence-electron chi connectivity index (χ1n) is 8.10. The Labute approximate surface area is 160 Å². The Hall–Kier alpha value is -3.16. The van der Waals surface area contributed by atoms with E-state index in [-0.39, 0.29) is 29.2 Å². The number of anilines is 1. The molecule has 1 heterocycles. The summed E-state index contributed by atoms with van der Waals surface area (Å²) in [6, 6.07) is 16.8. The second kappa shape index (κ2) is 8.48. The second-order valence-electron chi connectivity index (χ2n) is 5.71. The molecule has 2 aromatic carbocycles. The number of nitro groups is 1. The molecule has 138 valence electrons. The third-order valence-corrected chi connectivity index (χ3v) is 4.18. The summed E-state index contributed by atoms with van der Waals surface area (Å²) < 4.78 is 5.48. The summed E-state index contributed by atoms with van der Waals surface area (Å²) in [6.45, 7) is -0.00637. The van der Waals surface area contributed by atoms with Crippen molar-refractivity contribution in [3.63, 3.8) is 0 Å². The molecule has 27 heavy (non-hydrogen) atoms. The summed E-state index contributed by atoms with van der Waals surface area (Å²) in [4.78, 5) is 22.5. The first-order chi connectivity index (χ1) is 13.0. The number of halogens is 1. The average molecular weight is 386 g/mol. The molecule has 0 saturated carbocycles. The number of carbonyl (C=O) groups is 1. The summed E-state index contributed by atoms with van der Waals surface area (Å²) in [6.07, 6.45) is 1.57. The van der Waals surface area contributed by atoms with E-state index in [9.17, 15) is 14.9 Å². The van der Waals surface area contributed by atoms with Gasteiger partial charge in [-0.15, -0.1) is 0 Å².